The molecule has 0 aromatic heterocycles. The third kappa shape index (κ3) is 3.80. The second-order valence-electron chi connectivity index (χ2n) is 5.25. The first kappa shape index (κ1) is 18.1. The van der Waals surface area contributed by atoms with E-state index in [1.165, 1.54) is 23.1 Å². The van der Waals surface area contributed by atoms with Crippen molar-refractivity contribution in [1.29, 1.82) is 0 Å². The molecule has 3 nitrogen and oxygen atoms in total. The number of carbonyl (C=O) groups excluding carboxylic acids is 1. The second kappa shape index (κ2) is 7.09. The van der Waals surface area contributed by atoms with Gasteiger partial charge >= 0.3 is 6.18 Å². The molecule has 1 aliphatic heterocycles. The maximum Gasteiger partial charge on any atom is 0.416 e. The molecule has 8 heteroatoms. The van der Waals surface area contributed by atoms with Crippen LogP contribution in [0.25, 0.3) is 0 Å². The molecule has 1 aliphatic rings. The van der Waals surface area contributed by atoms with Gasteiger partial charge < -0.3 is 5.32 Å². The lowest BCUT2D eigenvalue weighted by Crippen LogP contribution is -2.35. The van der Waals surface area contributed by atoms with E-state index in [0.29, 0.717) is 6.42 Å². The van der Waals surface area contributed by atoms with E-state index in [1.54, 1.807) is 18.7 Å². The van der Waals surface area contributed by atoms with Crippen molar-refractivity contribution in [1.82, 2.24) is 10.2 Å². The molecule has 2 rings (SSSR count). The molecule has 0 radical (unpaired) electrons. The van der Waals surface area contributed by atoms with Crippen LogP contribution in [0.4, 0.5) is 13.2 Å². The number of rotatable bonds is 5. The lowest BCUT2D eigenvalue weighted by molar-refractivity contribution is -0.139. The summed E-state index contributed by atoms with van der Waals surface area (Å²) < 4.78 is 39.5. The van der Waals surface area contributed by atoms with E-state index in [1.807, 2.05) is 6.26 Å². The van der Waals surface area contributed by atoms with E-state index in [4.69, 9.17) is 12.2 Å². The molecule has 126 valence electrons. The first-order valence-electron chi connectivity index (χ1n) is 7.06. The van der Waals surface area contributed by atoms with Crippen molar-refractivity contribution < 1.29 is 18.0 Å². The van der Waals surface area contributed by atoms with E-state index < -0.39 is 23.8 Å². The summed E-state index contributed by atoms with van der Waals surface area (Å²) in [6.45, 7) is 1.56. The number of hydrogen-bond donors (Lipinski definition) is 1. The molecule has 1 aromatic carbocycles. The number of amides is 1. The lowest BCUT2D eigenvalue weighted by Gasteiger charge is -2.26. The molecule has 1 amide bonds. The van der Waals surface area contributed by atoms with Crippen molar-refractivity contribution in [3.8, 4) is 0 Å². The van der Waals surface area contributed by atoms with Crippen molar-refractivity contribution in [2.75, 3.05) is 12.0 Å². The van der Waals surface area contributed by atoms with Crippen LogP contribution in [0.3, 0.4) is 0 Å². The van der Waals surface area contributed by atoms with Gasteiger partial charge in [-0.2, -0.15) is 24.9 Å². The molecule has 0 spiro atoms. The molecule has 1 saturated heterocycles. The second-order valence-corrected chi connectivity index (χ2v) is 6.63. The first-order valence-corrected chi connectivity index (χ1v) is 8.86. The molecule has 0 saturated carbocycles. The molecule has 0 aliphatic carbocycles. The lowest BCUT2D eigenvalue weighted by atomic mass is 10.00. The Morgan fingerprint density at radius 2 is 2.04 bits per heavy atom. The van der Waals surface area contributed by atoms with E-state index >= 15 is 0 Å². The van der Waals surface area contributed by atoms with Crippen LogP contribution < -0.4 is 5.32 Å². The maximum absolute atomic E-state index is 13.2. The van der Waals surface area contributed by atoms with Crippen molar-refractivity contribution in [3.05, 3.63) is 35.4 Å². The Labute approximate surface area is 142 Å². The van der Waals surface area contributed by atoms with Crippen LogP contribution >= 0.6 is 24.0 Å². The predicted molar refractivity (Wildman–Crippen MR) is 89.2 cm³/mol. The Balaban J connectivity index is 2.29. The van der Waals surface area contributed by atoms with E-state index in [-0.39, 0.29) is 16.6 Å². The fourth-order valence-corrected chi connectivity index (χ4v) is 3.47. The minimum atomic E-state index is -4.47. The van der Waals surface area contributed by atoms with Crippen LogP contribution in [-0.2, 0) is 11.0 Å². The minimum absolute atomic E-state index is 0.0445. The number of thiocarbonyl (C=S) groups is 1. The van der Waals surface area contributed by atoms with Crippen LogP contribution in [-0.4, -0.2) is 34.0 Å². The number of alkyl halides is 3. The highest BCUT2D eigenvalue weighted by atomic mass is 32.2. The Hall–Kier alpha value is -1.28. The highest BCUT2D eigenvalue weighted by molar-refractivity contribution is 7.98. The third-order valence-electron chi connectivity index (χ3n) is 3.77. The number of thioether (sulfide) groups is 1. The summed E-state index contributed by atoms with van der Waals surface area (Å²) in [4.78, 5) is 13.7. The van der Waals surface area contributed by atoms with Gasteiger partial charge in [0.25, 0.3) is 5.91 Å². The summed E-state index contributed by atoms with van der Waals surface area (Å²) in [7, 11) is 0. The van der Waals surface area contributed by atoms with E-state index in [9.17, 15) is 18.0 Å². The number of hydrogen-bond acceptors (Lipinski definition) is 3. The van der Waals surface area contributed by atoms with Gasteiger partial charge in [-0.15, -0.1) is 0 Å². The van der Waals surface area contributed by atoms with Gasteiger partial charge in [0, 0.05) is 0 Å². The number of halogens is 3. The molecule has 0 bridgehead atoms. The summed E-state index contributed by atoms with van der Waals surface area (Å²) in [5.74, 6) is 0.501. The molecule has 1 fully saturated rings. The Kier molecular flexibility index (Phi) is 5.57. The van der Waals surface area contributed by atoms with Crippen LogP contribution in [0.5, 0.6) is 0 Å². The van der Waals surface area contributed by atoms with Gasteiger partial charge in [-0.3, -0.25) is 9.69 Å². The number of benzene rings is 1. The summed E-state index contributed by atoms with van der Waals surface area (Å²) in [6, 6.07) is 4.04. The Bertz CT molecular complexity index is 607. The smallest absolute Gasteiger partial charge is 0.350 e. The Morgan fingerprint density at radius 1 is 1.39 bits per heavy atom. The monoisotopic (exact) mass is 362 g/mol. The van der Waals surface area contributed by atoms with Crippen molar-refractivity contribution >= 4 is 35.0 Å². The molecular formula is C15H17F3N2OS2. The van der Waals surface area contributed by atoms with E-state index in [2.05, 4.69) is 5.32 Å². The number of nitrogens with one attached hydrogen (secondary N) is 1. The van der Waals surface area contributed by atoms with Gasteiger partial charge in [-0.25, -0.2) is 0 Å². The molecule has 1 aromatic rings. The largest absolute Gasteiger partial charge is 0.416 e. The molecule has 0 unspecified atom stereocenters. The summed E-state index contributed by atoms with van der Waals surface area (Å²) in [6.07, 6.45) is -1.96. The Morgan fingerprint density at radius 3 is 2.65 bits per heavy atom. The van der Waals surface area contributed by atoms with Gasteiger partial charge in [-0.1, -0.05) is 18.2 Å². The topological polar surface area (TPSA) is 32.3 Å². The van der Waals surface area contributed by atoms with Crippen LogP contribution in [0.15, 0.2) is 24.3 Å². The van der Waals surface area contributed by atoms with Gasteiger partial charge in [0.15, 0.2) is 5.11 Å². The average Bonchev–Trinajstić information content (AvgIpc) is 2.78. The SMILES string of the molecule is CSCC[C@H]1NC(=S)N([C@H](C)c2ccccc2C(F)(F)F)C1=O. The fraction of sp³-hybridized carbons (Fsp3) is 0.467. The number of nitrogens with zero attached hydrogens (tertiary/aromatic N) is 1. The quantitative estimate of drug-likeness (QED) is 0.811. The highest BCUT2D eigenvalue weighted by Gasteiger charge is 2.41. The minimum Gasteiger partial charge on any atom is -0.350 e. The van der Waals surface area contributed by atoms with Crippen molar-refractivity contribution in [2.24, 2.45) is 0 Å². The predicted octanol–water partition coefficient (Wildman–Crippen LogP) is 3.60. The van der Waals surface area contributed by atoms with E-state index in [0.717, 1.165) is 11.8 Å². The van der Waals surface area contributed by atoms with Gasteiger partial charge in [0.1, 0.15) is 6.04 Å². The highest BCUT2D eigenvalue weighted by Crippen LogP contribution is 2.37. The zero-order chi connectivity index (χ0) is 17.2. The average molecular weight is 362 g/mol. The third-order valence-corrected chi connectivity index (χ3v) is 4.72. The summed E-state index contributed by atoms with van der Waals surface area (Å²) in [5.41, 5.74) is -0.696. The summed E-state index contributed by atoms with van der Waals surface area (Å²) >= 11 is 6.76. The fourth-order valence-electron chi connectivity index (χ4n) is 2.60. The van der Waals surface area contributed by atoms with Crippen LogP contribution in [0.1, 0.15) is 30.5 Å². The zero-order valence-corrected chi connectivity index (χ0v) is 14.3. The van der Waals surface area contributed by atoms with Gasteiger partial charge in [0.05, 0.1) is 11.6 Å². The number of carbonyl (C=O) groups is 1. The summed E-state index contributed by atoms with van der Waals surface area (Å²) in [5, 5.41) is 3.10. The molecule has 23 heavy (non-hydrogen) atoms. The molecule has 1 heterocycles. The molecular weight excluding hydrogens is 345 g/mol. The zero-order valence-electron chi connectivity index (χ0n) is 12.7. The van der Waals surface area contributed by atoms with Gasteiger partial charge in [-0.05, 0) is 49.2 Å². The van der Waals surface area contributed by atoms with Crippen molar-refractivity contribution in [2.45, 2.75) is 31.6 Å². The first-order chi connectivity index (χ1) is 10.8. The van der Waals surface area contributed by atoms with Crippen LogP contribution in [0.2, 0.25) is 0 Å². The normalized spacial score (nSPS) is 19.9. The van der Waals surface area contributed by atoms with Gasteiger partial charge in [0.2, 0.25) is 0 Å². The van der Waals surface area contributed by atoms with Crippen molar-refractivity contribution in [3.63, 3.8) is 0 Å². The standard InChI is InChI=1S/C15H17F3N2OS2/c1-9(10-5-3-4-6-11(10)15(16,17)18)20-13(21)12(7-8-23-2)19-14(20)22/h3-6,9,12H,7-8H2,1-2H3,(H,19,22)/t9-,12-/m1/s1. The molecule has 2 atom stereocenters. The molecule has 1 N–H and O–H groups in total. The maximum atomic E-state index is 13.2. The van der Waals surface area contributed by atoms with Crippen LogP contribution in [0, 0.1) is 0 Å².